The number of aromatic nitrogens is 3. The third-order valence-electron chi connectivity index (χ3n) is 4.17. The summed E-state index contributed by atoms with van der Waals surface area (Å²) in [6, 6.07) is 7.70. The number of nitrogens with one attached hydrogen (secondary N) is 1. The first-order valence-electron chi connectivity index (χ1n) is 8.11. The average molecular weight is 354 g/mol. The van der Waals surface area contributed by atoms with Crippen molar-refractivity contribution in [2.24, 2.45) is 0 Å². The summed E-state index contributed by atoms with van der Waals surface area (Å²) in [5, 5.41) is 3.25. The maximum Gasteiger partial charge on any atom is 0.284 e. The number of fused-ring (bicyclic) bond motifs is 1. The minimum absolute atomic E-state index is 0.239. The van der Waals surface area contributed by atoms with Crippen LogP contribution in [0.25, 0.3) is 10.2 Å². The van der Waals surface area contributed by atoms with Crippen molar-refractivity contribution in [3.8, 4) is 0 Å². The van der Waals surface area contributed by atoms with Crippen LogP contribution >= 0.6 is 11.3 Å². The van der Waals surface area contributed by atoms with Crippen molar-refractivity contribution in [3.05, 3.63) is 41.7 Å². The lowest BCUT2D eigenvalue weighted by atomic mass is 10.3. The normalized spacial score (nSPS) is 15.5. The summed E-state index contributed by atoms with van der Waals surface area (Å²) in [5.74, 6) is 0.461. The van der Waals surface area contributed by atoms with Gasteiger partial charge in [-0.2, -0.15) is 0 Å². The van der Waals surface area contributed by atoms with E-state index in [0.717, 1.165) is 36.4 Å². The zero-order chi connectivity index (χ0) is 17.2. The Balaban J connectivity index is 1.44. The number of carbonyl (C=O) groups excluding carboxylic acids is 1. The summed E-state index contributed by atoms with van der Waals surface area (Å²) in [4.78, 5) is 29.9. The number of thiazole rings is 1. The fourth-order valence-corrected chi connectivity index (χ4v) is 3.57. The molecule has 128 valence electrons. The van der Waals surface area contributed by atoms with Crippen molar-refractivity contribution in [3.63, 3.8) is 0 Å². The highest BCUT2D eigenvalue weighted by atomic mass is 32.1. The number of carbonyl (C=O) groups is 1. The standard InChI is InChI=1S/C17H18N6OS/c1-22-6-8-23(9-7-22)17-18-10-12(11-19-17)20-15(24)16-21-13-4-2-3-5-14(13)25-16/h2-5,10-11H,6-9H2,1H3,(H,20,24). The summed E-state index contributed by atoms with van der Waals surface area (Å²) in [7, 11) is 2.11. The second-order valence-electron chi connectivity index (χ2n) is 6.00. The summed E-state index contributed by atoms with van der Waals surface area (Å²) < 4.78 is 0.995. The van der Waals surface area contributed by atoms with Gasteiger partial charge in [-0.05, 0) is 19.2 Å². The van der Waals surface area contributed by atoms with E-state index < -0.39 is 0 Å². The van der Waals surface area contributed by atoms with Gasteiger partial charge >= 0.3 is 0 Å². The Morgan fingerprint density at radius 2 is 1.84 bits per heavy atom. The van der Waals surface area contributed by atoms with Gasteiger partial charge in [-0.3, -0.25) is 4.79 Å². The summed E-state index contributed by atoms with van der Waals surface area (Å²) >= 11 is 1.37. The van der Waals surface area contributed by atoms with Crippen molar-refractivity contribution >= 4 is 39.1 Å². The lowest BCUT2D eigenvalue weighted by molar-refractivity contribution is 0.102. The van der Waals surface area contributed by atoms with Gasteiger partial charge in [0.25, 0.3) is 5.91 Å². The van der Waals surface area contributed by atoms with Gasteiger partial charge in [-0.25, -0.2) is 15.0 Å². The zero-order valence-electron chi connectivity index (χ0n) is 13.8. The number of rotatable bonds is 3. The minimum atomic E-state index is -0.239. The number of nitrogens with zero attached hydrogens (tertiary/aromatic N) is 5. The maximum absolute atomic E-state index is 12.4. The first kappa shape index (κ1) is 15.9. The highest BCUT2D eigenvalue weighted by Crippen LogP contribution is 2.22. The SMILES string of the molecule is CN1CCN(c2ncc(NC(=O)c3nc4ccccc4s3)cn2)CC1. The van der Waals surface area contributed by atoms with Crippen LogP contribution in [0.1, 0.15) is 9.80 Å². The Labute approximate surface area is 149 Å². The Hall–Kier alpha value is -2.58. The van der Waals surface area contributed by atoms with Crippen LogP contribution in [0.4, 0.5) is 11.6 Å². The van der Waals surface area contributed by atoms with Gasteiger partial charge in [0.2, 0.25) is 5.95 Å². The minimum Gasteiger partial charge on any atom is -0.338 e. The van der Waals surface area contributed by atoms with Gasteiger partial charge in [-0.1, -0.05) is 12.1 Å². The van der Waals surface area contributed by atoms with Crippen LogP contribution in [0.5, 0.6) is 0 Å². The molecule has 1 N–H and O–H groups in total. The summed E-state index contributed by atoms with van der Waals surface area (Å²) in [5.41, 5.74) is 1.40. The van der Waals surface area contributed by atoms with E-state index in [0.29, 0.717) is 16.6 Å². The van der Waals surface area contributed by atoms with E-state index in [4.69, 9.17) is 0 Å². The molecular formula is C17H18N6OS. The molecule has 1 saturated heterocycles. The van der Waals surface area contributed by atoms with E-state index in [-0.39, 0.29) is 5.91 Å². The molecule has 0 bridgehead atoms. The fraction of sp³-hybridized carbons (Fsp3) is 0.294. The third-order valence-corrected chi connectivity index (χ3v) is 5.21. The Bertz CT molecular complexity index is 853. The van der Waals surface area contributed by atoms with E-state index in [1.54, 1.807) is 12.4 Å². The number of amides is 1. The van der Waals surface area contributed by atoms with E-state index in [1.165, 1.54) is 11.3 Å². The van der Waals surface area contributed by atoms with Crippen LogP contribution in [-0.4, -0.2) is 59.0 Å². The number of hydrogen-bond donors (Lipinski definition) is 1. The second-order valence-corrected chi connectivity index (χ2v) is 7.03. The number of para-hydroxylation sites is 1. The molecule has 3 heterocycles. The van der Waals surface area contributed by atoms with Crippen LogP contribution in [-0.2, 0) is 0 Å². The molecule has 0 spiro atoms. The fourth-order valence-electron chi connectivity index (χ4n) is 2.71. The predicted octanol–water partition coefficient (Wildman–Crippen LogP) is 2.09. The number of hydrogen-bond acceptors (Lipinski definition) is 7. The van der Waals surface area contributed by atoms with Gasteiger partial charge in [0.05, 0.1) is 28.3 Å². The van der Waals surface area contributed by atoms with E-state index in [9.17, 15) is 4.79 Å². The summed E-state index contributed by atoms with van der Waals surface area (Å²) in [6.45, 7) is 3.82. The first-order valence-corrected chi connectivity index (χ1v) is 8.93. The first-order chi connectivity index (χ1) is 12.2. The van der Waals surface area contributed by atoms with Crippen molar-refractivity contribution < 1.29 is 4.79 Å². The Kier molecular flexibility index (Phi) is 4.29. The molecule has 7 nitrogen and oxygen atoms in total. The lowest BCUT2D eigenvalue weighted by Crippen LogP contribution is -2.45. The Morgan fingerprint density at radius 3 is 2.56 bits per heavy atom. The molecule has 1 aromatic carbocycles. The molecule has 0 unspecified atom stereocenters. The zero-order valence-corrected chi connectivity index (χ0v) is 14.7. The quantitative estimate of drug-likeness (QED) is 0.776. The molecule has 0 radical (unpaired) electrons. The molecule has 2 aromatic heterocycles. The molecule has 1 fully saturated rings. The number of piperazine rings is 1. The lowest BCUT2D eigenvalue weighted by Gasteiger charge is -2.32. The molecular weight excluding hydrogens is 336 g/mol. The molecule has 4 rings (SSSR count). The second kappa shape index (κ2) is 6.73. The van der Waals surface area contributed by atoms with Crippen molar-refractivity contribution in [2.45, 2.75) is 0 Å². The smallest absolute Gasteiger partial charge is 0.284 e. The van der Waals surface area contributed by atoms with Crippen LogP contribution in [0, 0.1) is 0 Å². The van der Waals surface area contributed by atoms with Gasteiger partial charge in [0.1, 0.15) is 0 Å². The van der Waals surface area contributed by atoms with Gasteiger partial charge in [0, 0.05) is 26.2 Å². The number of anilines is 2. The average Bonchev–Trinajstić information content (AvgIpc) is 3.07. The van der Waals surface area contributed by atoms with E-state index in [2.05, 4.69) is 37.1 Å². The number of likely N-dealkylation sites (N-methyl/N-ethyl adjacent to an activating group) is 1. The maximum atomic E-state index is 12.4. The van der Waals surface area contributed by atoms with Crippen LogP contribution in [0.15, 0.2) is 36.7 Å². The molecule has 8 heteroatoms. The number of benzene rings is 1. The van der Waals surface area contributed by atoms with E-state index >= 15 is 0 Å². The highest BCUT2D eigenvalue weighted by molar-refractivity contribution is 7.20. The summed E-state index contributed by atoms with van der Waals surface area (Å²) in [6.07, 6.45) is 3.29. The van der Waals surface area contributed by atoms with Crippen LogP contribution < -0.4 is 10.2 Å². The van der Waals surface area contributed by atoms with Crippen molar-refractivity contribution in [1.29, 1.82) is 0 Å². The molecule has 0 aliphatic carbocycles. The predicted molar refractivity (Wildman–Crippen MR) is 99.3 cm³/mol. The van der Waals surface area contributed by atoms with Gasteiger partial charge in [-0.15, -0.1) is 11.3 Å². The Morgan fingerprint density at radius 1 is 1.12 bits per heavy atom. The highest BCUT2D eigenvalue weighted by Gasteiger charge is 2.17. The molecule has 1 amide bonds. The molecule has 3 aromatic rings. The third kappa shape index (κ3) is 3.45. The molecule has 0 saturated carbocycles. The molecule has 1 aliphatic rings. The van der Waals surface area contributed by atoms with Crippen molar-refractivity contribution in [1.82, 2.24) is 19.9 Å². The molecule has 1 aliphatic heterocycles. The molecule has 0 atom stereocenters. The van der Waals surface area contributed by atoms with Gasteiger partial charge < -0.3 is 15.1 Å². The van der Waals surface area contributed by atoms with E-state index in [1.807, 2.05) is 24.3 Å². The topological polar surface area (TPSA) is 74.2 Å². The van der Waals surface area contributed by atoms with Crippen LogP contribution in [0.2, 0.25) is 0 Å². The largest absolute Gasteiger partial charge is 0.338 e. The van der Waals surface area contributed by atoms with Gasteiger partial charge in [0.15, 0.2) is 5.01 Å². The van der Waals surface area contributed by atoms with Crippen molar-refractivity contribution in [2.75, 3.05) is 43.4 Å². The molecule has 25 heavy (non-hydrogen) atoms. The monoisotopic (exact) mass is 354 g/mol. The van der Waals surface area contributed by atoms with Crippen LogP contribution in [0.3, 0.4) is 0 Å².